The first-order valence-electron chi connectivity index (χ1n) is 14.3. The minimum atomic E-state index is -0.874. The van der Waals surface area contributed by atoms with Gasteiger partial charge >= 0.3 is 6.03 Å². The maximum atomic E-state index is 14.2. The number of amides is 4. The van der Waals surface area contributed by atoms with Crippen molar-refractivity contribution in [2.24, 2.45) is 0 Å². The third-order valence-corrected chi connectivity index (χ3v) is 8.76. The number of rotatable bonds is 8. The molecule has 11 nitrogen and oxygen atoms in total. The van der Waals surface area contributed by atoms with Gasteiger partial charge in [-0.2, -0.15) is 0 Å². The Kier molecular flexibility index (Phi) is 8.18. The van der Waals surface area contributed by atoms with Crippen molar-refractivity contribution in [2.45, 2.75) is 31.7 Å². The molecule has 226 valence electrons. The fraction of sp³-hybridized carbons (Fsp3) is 0.250. The number of aromatic nitrogens is 1. The Balaban J connectivity index is 1.37. The van der Waals surface area contributed by atoms with E-state index in [2.05, 4.69) is 16.9 Å². The predicted molar refractivity (Wildman–Crippen MR) is 168 cm³/mol. The molecule has 0 bridgehead atoms. The van der Waals surface area contributed by atoms with Gasteiger partial charge in [-0.3, -0.25) is 9.59 Å². The van der Waals surface area contributed by atoms with Gasteiger partial charge < -0.3 is 26.0 Å². The molecule has 0 unspecified atom stereocenters. The summed E-state index contributed by atoms with van der Waals surface area (Å²) in [6, 6.07) is 20.6. The molecule has 4 aromatic rings. The average molecular weight is 612 g/mol. The molecule has 3 aromatic carbocycles. The van der Waals surface area contributed by atoms with Gasteiger partial charge in [0.25, 0.3) is 0 Å². The third kappa shape index (κ3) is 5.81. The van der Waals surface area contributed by atoms with Crippen LogP contribution in [0.1, 0.15) is 16.7 Å². The van der Waals surface area contributed by atoms with E-state index in [-0.39, 0.29) is 56.2 Å². The highest BCUT2D eigenvalue weighted by Gasteiger charge is 2.51. The lowest BCUT2D eigenvalue weighted by Gasteiger charge is -2.55. The van der Waals surface area contributed by atoms with Crippen LogP contribution < -0.4 is 11.1 Å². The number of aromatic hydroxyl groups is 1. The monoisotopic (exact) mass is 611 g/mol. The smallest absolute Gasteiger partial charge is 0.334 e. The number of fused-ring (bicyclic) bond motifs is 2. The van der Waals surface area contributed by atoms with E-state index < -0.39 is 12.2 Å². The zero-order valence-corrected chi connectivity index (χ0v) is 24.8. The van der Waals surface area contributed by atoms with E-state index in [0.29, 0.717) is 11.7 Å². The number of para-hydroxylation sites is 1. The highest BCUT2D eigenvalue weighted by Crippen LogP contribution is 2.32. The van der Waals surface area contributed by atoms with Crippen LogP contribution in [0.25, 0.3) is 10.2 Å². The Morgan fingerprint density at radius 2 is 1.84 bits per heavy atom. The molecule has 2 aliphatic rings. The van der Waals surface area contributed by atoms with Crippen LogP contribution >= 0.6 is 11.3 Å². The number of thiazole rings is 1. The molecule has 0 aliphatic carbocycles. The standard InChI is InChI=1S/C32H33N7O4S/c1-2-15-37-20-28(41)38-25(16-21-11-13-24(40)14-12-21)30(42)36(18-23-9-6-10-26-29(23)35-31(33)44-26)19-27(38)39(37)32(43)34-17-22-7-4-3-5-8-22/h2-14,25,27,40H,1,15-20H2,(H2,33,35)(H,34,43)/t25-,27-/m0/s1. The first-order valence-corrected chi connectivity index (χ1v) is 15.1. The number of nitrogens with zero attached hydrogens (tertiary/aromatic N) is 5. The fourth-order valence-corrected chi connectivity index (χ4v) is 6.69. The Bertz CT molecular complexity index is 1690. The first kappa shape index (κ1) is 29.1. The summed E-state index contributed by atoms with van der Waals surface area (Å²) in [6.45, 7) is 4.64. The van der Waals surface area contributed by atoms with Gasteiger partial charge in [0, 0.05) is 26.1 Å². The maximum absolute atomic E-state index is 14.2. The van der Waals surface area contributed by atoms with Crippen LogP contribution in [0.2, 0.25) is 0 Å². The van der Waals surface area contributed by atoms with Crippen LogP contribution in [0.4, 0.5) is 9.93 Å². The van der Waals surface area contributed by atoms with E-state index in [9.17, 15) is 19.5 Å². The van der Waals surface area contributed by atoms with Gasteiger partial charge in [0.15, 0.2) is 5.13 Å². The van der Waals surface area contributed by atoms with Crippen LogP contribution in [-0.2, 0) is 29.1 Å². The molecule has 3 heterocycles. The summed E-state index contributed by atoms with van der Waals surface area (Å²) in [5.74, 6) is -0.381. The van der Waals surface area contributed by atoms with E-state index in [4.69, 9.17) is 5.73 Å². The molecular formula is C32H33N7O4S. The van der Waals surface area contributed by atoms with E-state index >= 15 is 0 Å². The van der Waals surface area contributed by atoms with E-state index in [1.165, 1.54) is 11.3 Å². The highest BCUT2D eigenvalue weighted by molar-refractivity contribution is 7.22. The number of urea groups is 1. The molecule has 1 aromatic heterocycles. The number of hydrazine groups is 1. The summed E-state index contributed by atoms with van der Waals surface area (Å²) in [5.41, 5.74) is 9.27. The van der Waals surface area contributed by atoms with Crippen LogP contribution in [0, 0.1) is 0 Å². The van der Waals surface area contributed by atoms with Crippen molar-refractivity contribution in [3.63, 3.8) is 0 Å². The number of nitrogens with one attached hydrogen (secondary N) is 1. The Morgan fingerprint density at radius 1 is 1.07 bits per heavy atom. The van der Waals surface area contributed by atoms with Crippen LogP contribution in [0.15, 0.2) is 85.5 Å². The third-order valence-electron chi connectivity index (χ3n) is 7.91. The molecule has 6 rings (SSSR count). The van der Waals surface area contributed by atoms with Gasteiger partial charge in [-0.25, -0.2) is 19.8 Å². The molecule has 0 saturated carbocycles. The van der Waals surface area contributed by atoms with Crippen LogP contribution in [0.3, 0.4) is 0 Å². The zero-order valence-electron chi connectivity index (χ0n) is 24.0. The molecule has 2 aliphatic heterocycles. The number of phenolic OH excluding ortho intramolecular Hbond substituents is 1. The van der Waals surface area contributed by atoms with Gasteiger partial charge in [-0.1, -0.05) is 72.0 Å². The van der Waals surface area contributed by atoms with Crippen LogP contribution in [-0.4, -0.2) is 79.6 Å². The summed E-state index contributed by atoms with van der Waals surface area (Å²) in [4.78, 5) is 49.6. The second-order valence-electron chi connectivity index (χ2n) is 10.8. The van der Waals surface area contributed by atoms with Crippen molar-refractivity contribution < 1.29 is 19.5 Å². The average Bonchev–Trinajstić information content (AvgIpc) is 3.41. The second kappa shape index (κ2) is 12.3. The van der Waals surface area contributed by atoms with E-state index in [0.717, 1.165) is 26.9 Å². The largest absolute Gasteiger partial charge is 0.508 e. The number of phenols is 1. The minimum absolute atomic E-state index is 0.0853. The molecular weight excluding hydrogens is 578 g/mol. The number of hydrogen-bond acceptors (Lipinski definition) is 8. The van der Waals surface area contributed by atoms with E-state index in [1.54, 1.807) is 50.2 Å². The molecule has 12 heteroatoms. The lowest BCUT2D eigenvalue weighted by molar-refractivity contribution is -0.189. The van der Waals surface area contributed by atoms with Crippen molar-refractivity contribution in [1.82, 2.24) is 30.1 Å². The van der Waals surface area contributed by atoms with Crippen molar-refractivity contribution >= 4 is 44.5 Å². The Labute approximate surface area is 258 Å². The summed E-state index contributed by atoms with van der Waals surface area (Å²) in [7, 11) is 0. The molecule has 0 spiro atoms. The van der Waals surface area contributed by atoms with Gasteiger partial charge in [-0.05, 0) is 34.9 Å². The molecule has 4 amide bonds. The number of carbonyl (C=O) groups is 3. The summed E-state index contributed by atoms with van der Waals surface area (Å²) < 4.78 is 0.915. The minimum Gasteiger partial charge on any atom is -0.508 e. The second-order valence-corrected chi connectivity index (χ2v) is 11.9. The number of benzene rings is 3. The Hall–Kier alpha value is -4.94. The first-order chi connectivity index (χ1) is 21.3. The number of piperazine rings is 1. The molecule has 44 heavy (non-hydrogen) atoms. The number of nitrogen functional groups attached to an aromatic ring is 1. The van der Waals surface area contributed by atoms with Gasteiger partial charge in [0.2, 0.25) is 11.8 Å². The Morgan fingerprint density at radius 3 is 2.59 bits per heavy atom. The molecule has 2 atom stereocenters. The summed E-state index contributed by atoms with van der Waals surface area (Å²) >= 11 is 1.38. The number of carbonyl (C=O) groups excluding carboxylic acids is 3. The molecule has 0 radical (unpaired) electrons. The topological polar surface area (TPSA) is 135 Å². The zero-order chi connectivity index (χ0) is 30.8. The predicted octanol–water partition coefficient (Wildman–Crippen LogP) is 3.32. The van der Waals surface area contributed by atoms with Crippen molar-refractivity contribution in [3.8, 4) is 5.75 Å². The number of hydrogen-bond donors (Lipinski definition) is 3. The SMILES string of the molecule is C=CCN1CC(=O)N2[C@@H](Cc3ccc(O)cc3)C(=O)N(Cc3cccc4sc(N)nc34)C[C@@H]2N1C(=O)NCc1ccccc1. The van der Waals surface area contributed by atoms with Crippen molar-refractivity contribution in [2.75, 3.05) is 25.4 Å². The van der Waals surface area contributed by atoms with Gasteiger partial charge in [0.1, 0.15) is 18.0 Å². The highest BCUT2D eigenvalue weighted by atomic mass is 32.1. The lowest BCUT2D eigenvalue weighted by Crippen LogP contribution is -2.76. The molecule has 4 N–H and O–H groups in total. The van der Waals surface area contributed by atoms with Gasteiger partial charge in [0.05, 0.1) is 23.3 Å². The summed E-state index contributed by atoms with van der Waals surface area (Å²) in [5, 5.41) is 16.5. The van der Waals surface area contributed by atoms with Crippen molar-refractivity contribution in [3.05, 3.63) is 102 Å². The molecule has 2 saturated heterocycles. The normalized spacial score (nSPS) is 18.9. The van der Waals surface area contributed by atoms with Crippen LogP contribution in [0.5, 0.6) is 5.75 Å². The number of anilines is 1. The lowest BCUT2D eigenvalue weighted by atomic mass is 9.98. The summed E-state index contributed by atoms with van der Waals surface area (Å²) in [6.07, 6.45) is 1.09. The molecule has 2 fully saturated rings. The maximum Gasteiger partial charge on any atom is 0.334 e. The van der Waals surface area contributed by atoms with Crippen molar-refractivity contribution in [1.29, 1.82) is 0 Å². The van der Waals surface area contributed by atoms with Gasteiger partial charge in [-0.15, -0.1) is 6.58 Å². The van der Waals surface area contributed by atoms with E-state index in [1.807, 2.05) is 48.5 Å². The fourth-order valence-electron chi connectivity index (χ4n) is 5.91. The number of nitrogens with two attached hydrogens (primary N) is 1. The quantitative estimate of drug-likeness (QED) is 0.260.